The van der Waals surface area contributed by atoms with Gasteiger partial charge in [0.15, 0.2) is 0 Å². The quantitative estimate of drug-likeness (QED) is 0.471. The SMILES string of the molecule is COC(=O)c1c[nH]c(=O)c(NC(=O)Cc2c(C)nc3ccccc3c2-c2ccccc2)c1. The van der Waals surface area contributed by atoms with E-state index in [9.17, 15) is 14.4 Å². The molecule has 7 heteroatoms. The minimum atomic E-state index is -0.613. The van der Waals surface area contributed by atoms with Gasteiger partial charge in [0.05, 0.1) is 24.6 Å². The average Bonchev–Trinajstić information content (AvgIpc) is 2.81. The van der Waals surface area contributed by atoms with Crippen molar-refractivity contribution in [3.05, 3.63) is 94.0 Å². The topological polar surface area (TPSA) is 101 Å². The smallest absolute Gasteiger partial charge is 0.339 e. The van der Waals surface area contributed by atoms with Crippen LogP contribution in [0.1, 0.15) is 21.6 Å². The Balaban J connectivity index is 1.74. The summed E-state index contributed by atoms with van der Waals surface area (Å²) in [5.41, 5.74) is 3.85. The number of aromatic amines is 1. The molecule has 4 rings (SSSR count). The van der Waals surface area contributed by atoms with E-state index >= 15 is 0 Å². The van der Waals surface area contributed by atoms with Gasteiger partial charge in [0, 0.05) is 17.3 Å². The number of hydrogen-bond acceptors (Lipinski definition) is 5. The number of hydrogen-bond donors (Lipinski definition) is 2. The first kappa shape index (κ1) is 21.0. The summed E-state index contributed by atoms with van der Waals surface area (Å²) in [6.45, 7) is 1.87. The van der Waals surface area contributed by atoms with Crippen LogP contribution in [0.3, 0.4) is 0 Å². The highest BCUT2D eigenvalue weighted by molar-refractivity contribution is 6.00. The molecule has 0 bridgehead atoms. The van der Waals surface area contributed by atoms with Crippen molar-refractivity contribution in [3.63, 3.8) is 0 Å². The molecule has 2 aromatic heterocycles. The van der Waals surface area contributed by atoms with Gasteiger partial charge in [-0.1, -0.05) is 48.5 Å². The van der Waals surface area contributed by atoms with Gasteiger partial charge in [0.1, 0.15) is 5.69 Å². The van der Waals surface area contributed by atoms with Crippen molar-refractivity contribution in [3.8, 4) is 11.1 Å². The number of H-pyrrole nitrogens is 1. The molecule has 0 saturated heterocycles. The number of nitrogens with one attached hydrogen (secondary N) is 2. The lowest BCUT2D eigenvalue weighted by Crippen LogP contribution is -2.22. The summed E-state index contributed by atoms with van der Waals surface area (Å²) in [6.07, 6.45) is 1.25. The second kappa shape index (κ2) is 8.85. The molecular formula is C25H21N3O4. The van der Waals surface area contributed by atoms with Crippen LogP contribution >= 0.6 is 0 Å². The van der Waals surface area contributed by atoms with Crippen LogP contribution < -0.4 is 10.9 Å². The Morgan fingerprint density at radius 1 is 1.06 bits per heavy atom. The van der Waals surface area contributed by atoms with Crippen LogP contribution in [0, 0.1) is 6.92 Å². The van der Waals surface area contributed by atoms with Crippen molar-refractivity contribution in [2.24, 2.45) is 0 Å². The zero-order valence-corrected chi connectivity index (χ0v) is 17.6. The van der Waals surface area contributed by atoms with Crippen LogP contribution in [0.4, 0.5) is 5.69 Å². The van der Waals surface area contributed by atoms with E-state index in [1.165, 1.54) is 19.4 Å². The number of carbonyl (C=O) groups is 2. The Morgan fingerprint density at radius 3 is 2.53 bits per heavy atom. The molecule has 0 aliphatic rings. The number of nitrogens with zero attached hydrogens (tertiary/aromatic N) is 1. The van der Waals surface area contributed by atoms with Crippen LogP contribution in [-0.4, -0.2) is 29.0 Å². The summed E-state index contributed by atoms with van der Waals surface area (Å²) in [4.78, 5) is 44.0. The summed E-state index contributed by atoms with van der Waals surface area (Å²) in [5.74, 6) is -1.01. The number of aryl methyl sites for hydroxylation is 1. The molecule has 0 atom stereocenters. The number of methoxy groups -OCH3 is 1. The van der Waals surface area contributed by atoms with E-state index in [1.54, 1.807) is 0 Å². The highest BCUT2D eigenvalue weighted by Gasteiger charge is 2.18. The Morgan fingerprint density at radius 2 is 1.78 bits per heavy atom. The van der Waals surface area contributed by atoms with Gasteiger partial charge in [-0.3, -0.25) is 14.6 Å². The third-order valence-electron chi connectivity index (χ3n) is 5.20. The average molecular weight is 427 g/mol. The number of rotatable bonds is 5. The molecule has 0 aliphatic heterocycles. The van der Waals surface area contributed by atoms with E-state index in [-0.39, 0.29) is 17.7 Å². The highest BCUT2D eigenvalue weighted by atomic mass is 16.5. The first-order valence-electron chi connectivity index (χ1n) is 10.0. The fourth-order valence-electron chi connectivity index (χ4n) is 3.69. The fraction of sp³-hybridized carbons (Fsp3) is 0.120. The third-order valence-corrected chi connectivity index (χ3v) is 5.20. The number of benzene rings is 2. The second-order valence-electron chi connectivity index (χ2n) is 7.28. The fourth-order valence-corrected chi connectivity index (χ4v) is 3.69. The largest absolute Gasteiger partial charge is 0.465 e. The molecule has 2 heterocycles. The van der Waals surface area contributed by atoms with E-state index in [0.717, 1.165) is 33.3 Å². The molecule has 0 saturated carbocycles. The summed E-state index contributed by atoms with van der Waals surface area (Å²) < 4.78 is 4.67. The lowest BCUT2D eigenvalue weighted by Gasteiger charge is -2.16. The lowest BCUT2D eigenvalue weighted by molar-refractivity contribution is -0.115. The zero-order chi connectivity index (χ0) is 22.7. The number of ether oxygens (including phenoxy) is 1. The van der Waals surface area contributed by atoms with Crippen LogP contribution in [0.2, 0.25) is 0 Å². The molecule has 1 amide bonds. The van der Waals surface area contributed by atoms with Gasteiger partial charge in [-0.05, 0) is 35.7 Å². The van der Waals surface area contributed by atoms with Crippen LogP contribution in [0.15, 0.2) is 71.7 Å². The van der Waals surface area contributed by atoms with Crippen LogP contribution in [-0.2, 0) is 16.0 Å². The van der Waals surface area contributed by atoms with Crippen molar-refractivity contribution in [1.29, 1.82) is 0 Å². The molecule has 0 radical (unpaired) electrons. The van der Waals surface area contributed by atoms with Gasteiger partial charge in [-0.2, -0.15) is 0 Å². The van der Waals surface area contributed by atoms with Crippen molar-refractivity contribution in [1.82, 2.24) is 9.97 Å². The molecule has 7 nitrogen and oxygen atoms in total. The van der Waals surface area contributed by atoms with E-state index < -0.39 is 17.4 Å². The van der Waals surface area contributed by atoms with E-state index in [1.807, 2.05) is 61.5 Å². The van der Waals surface area contributed by atoms with Crippen LogP contribution in [0.5, 0.6) is 0 Å². The molecule has 0 aliphatic carbocycles. The van der Waals surface area contributed by atoms with E-state index in [0.29, 0.717) is 0 Å². The maximum atomic E-state index is 12.9. The number of pyridine rings is 2. The Kier molecular flexibility index (Phi) is 5.81. The summed E-state index contributed by atoms with van der Waals surface area (Å²) >= 11 is 0. The predicted molar refractivity (Wildman–Crippen MR) is 123 cm³/mol. The lowest BCUT2D eigenvalue weighted by atomic mass is 9.92. The van der Waals surface area contributed by atoms with E-state index in [4.69, 9.17) is 0 Å². The Labute approximate surface area is 184 Å². The van der Waals surface area contributed by atoms with Gasteiger partial charge in [-0.25, -0.2) is 4.79 Å². The van der Waals surface area contributed by atoms with Crippen molar-refractivity contribution in [2.75, 3.05) is 12.4 Å². The predicted octanol–water partition coefficient (Wildman–Crippen LogP) is 3.87. The number of esters is 1. The molecule has 0 unspecified atom stereocenters. The first-order valence-corrected chi connectivity index (χ1v) is 10.0. The summed E-state index contributed by atoms with van der Waals surface area (Å²) in [7, 11) is 1.24. The maximum Gasteiger partial charge on any atom is 0.339 e. The Bertz CT molecular complexity index is 1380. The van der Waals surface area contributed by atoms with Gasteiger partial charge in [0.2, 0.25) is 5.91 Å². The molecule has 0 fully saturated rings. The third kappa shape index (κ3) is 4.13. The monoisotopic (exact) mass is 427 g/mol. The molecule has 160 valence electrons. The van der Waals surface area contributed by atoms with Crippen molar-refractivity contribution >= 4 is 28.5 Å². The summed E-state index contributed by atoms with van der Waals surface area (Å²) in [6, 6.07) is 18.9. The normalized spacial score (nSPS) is 10.7. The summed E-state index contributed by atoms with van der Waals surface area (Å²) in [5, 5.41) is 3.56. The number of fused-ring (bicyclic) bond motifs is 1. The molecular weight excluding hydrogens is 406 g/mol. The zero-order valence-electron chi connectivity index (χ0n) is 17.6. The number of aromatic nitrogens is 2. The van der Waals surface area contributed by atoms with Crippen LogP contribution in [0.25, 0.3) is 22.0 Å². The van der Waals surface area contributed by atoms with Gasteiger partial charge in [-0.15, -0.1) is 0 Å². The Hall–Kier alpha value is -4.26. The first-order chi connectivity index (χ1) is 15.5. The molecule has 2 N–H and O–H groups in total. The van der Waals surface area contributed by atoms with Gasteiger partial charge in [0.25, 0.3) is 5.56 Å². The van der Waals surface area contributed by atoms with Gasteiger partial charge >= 0.3 is 5.97 Å². The van der Waals surface area contributed by atoms with Crippen molar-refractivity contribution < 1.29 is 14.3 Å². The number of anilines is 1. The number of para-hydroxylation sites is 1. The minimum absolute atomic E-state index is 0.00971. The molecule has 0 spiro atoms. The number of amides is 1. The molecule has 4 aromatic rings. The molecule has 2 aromatic carbocycles. The van der Waals surface area contributed by atoms with E-state index in [2.05, 4.69) is 20.0 Å². The standard InChI is InChI=1S/C25H21N3O4/c1-15-19(13-22(29)28-21-12-17(25(31)32-2)14-26-24(21)30)23(16-8-4-3-5-9-16)18-10-6-7-11-20(18)27-15/h3-12,14H,13H2,1-2H3,(H,26,30)(H,28,29). The minimum Gasteiger partial charge on any atom is -0.465 e. The van der Waals surface area contributed by atoms with Crippen molar-refractivity contribution in [2.45, 2.75) is 13.3 Å². The second-order valence-corrected chi connectivity index (χ2v) is 7.28. The van der Waals surface area contributed by atoms with Gasteiger partial charge < -0.3 is 15.0 Å². The molecule has 32 heavy (non-hydrogen) atoms. The maximum absolute atomic E-state index is 12.9. The highest BCUT2D eigenvalue weighted by Crippen LogP contribution is 2.33. The number of carbonyl (C=O) groups excluding carboxylic acids is 2.